The van der Waals surface area contributed by atoms with E-state index in [0.29, 0.717) is 36.1 Å². The summed E-state index contributed by atoms with van der Waals surface area (Å²) in [7, 11) is -2.95. The summed E-state index contributed by atoms with van der Waals surface area (Å²) < 4.78 is 36.7. The lowest BCUT2D eigenvalue weighted by atomic mass is 10.2. The highest BCUT2D eigenvalue weighted by Crippen LogP contribution is 2.40. The smallest absolute Gasteiger partial charge is 0.339 e. The minimum atomic E-state index is -4.27. The highest BCUT2D eigenvalue weighted by atomic mass is 79.9. The zero-order chi connectivity index (χ0) is 28.3. The maximum absolute atomic E-state index is 12.9. The van der Waals surface area contributed by atoms with Gasteiger partial charge in [0.2, 0.25) is 11.8 Å². The highest BCUT2D eigenvalue weighted by molar-refractivity contribution is 9.10. The van der Waals surface area contributed by atoms with Crippen molar-refractivity contribution in [3.8, 4) is 11.5 Å². The van der Waals surface area contributed by atoms with Gasteiger partial charge in [0.25, 0.3) is 11.1 Å². The van der Waals surface area contributed by atoms with Crippen LogP contribution in [0.1, 0.15) is 25.3 Å². The number of hydrogen-bond acceptors (Lipinski definition) is 9. The number of thioether (sulfide) groups is 1. The average molecular weight is 639 g/mol. The van der Waals surface area contributed by atoms with Crippen LogP contribution in [0, 0.1) is 0 Å². The van der Waals surface area contributed by atoms with Crippen molar-refractivity contribution < 1.29 is 36.5 Å². The molecule has 0 spiro atoms. The van der Waals surface area contributed by atoms with Crippen LogP contribution in [0.4, 0.5) is 10.5 Å². The molecule has 39 heavy (non-hydrogen) atoms. The summed E-state index contributed by atoms with van der Waals surface area (Å²) in [6.45, 7) is 2.25. The van der Waals surface area contributed by atoms with Gasteiger partial charge in [-0.1, -0.05) is 0 Å². The second-order valence-corrected chi connectivity index (χ2v) is 12.0. The lowest BCUT2D eigenvalue weighted by molar-refractivity contribution is -0.135. The topological polar surface area (TPSA) is 139 Å². The quantitative estimate of drug-likeness (QED) is 0.338. The van der Waals surface area contributed by atoms with Crippen molar-refractivity contribution in [2.24, 2.45) is 0 Å². The minimum absolute atomic E-state index is 0.0532. The molecule has 2 saturated heterocycles. The summed E-state index contributed by atoms with van der Waals surface area (Å²) in [5, 5.41) is 2.01. The van der Waals surface area contributed by atoms with Crippen molar-refractivity contribution in [2.75, 3.05) is 32.1 Å². The summed E-state index contributed by atoms with van der Waals surface area (Å²) in [5.41, 5.74) is 0.855. The van der Waals surface area contributed by atoms with E-state index in [1.54, 1.807) is 4.90 Å². The molecule has 2 fully saturated rings. The van der Waals surface area contributed by atoms with E-state index in [1.165, 1.54) is 56.5 Å². The summed E-state index contributed by atoms with van der Waals surface area (Å²) in [6, 6.07) is 8.41. The Hall–Kier alpha value is -3.36. The van der Waals surface area contributed by atoms with Crippen molar-refractivity contribution in [3.63, 3.8) is 0 Å². The molecule has 0 unspecified atom stereocenters. The number of amides is 4. The summed E-state index contributed by atoms with van der Waals surface area (Å²) in [4.78, 5) is 51.5. The molecule has 2 aromatic rings. The molecule has 2 aliphatic rings. The van der Waals surface area contributed by atoms with Crippen LogP contribution in [0.5, 0.6) is 11.5 Å². The third kappa shape index (κ3) is 6.62. The van der Waals surface area contributed by atoms with Crippen LogP contribution in [0.3, 0.4) is 0 Å². The van der Waals surface area contributed by atoms with E-state index in [9.17, 15) is 27.6 Å². The van der Waals surface area contributed by atoms with Crippen LogP contribution in [0.2, 0.25) is 0 Å². The number of carbonyl (C=O) groups excluding carboxylic acids is 4. The summed E-state index contributed by atoms with van der Waals surface area (Å²) >= 11 is 4.01. The van der Waals surface area contributed by atoms with Gasteiger partial charge >= 0.3 is 10.1 Å². The van der Waals surface area contributed by atoms with E-state index in [0.717, 1.165) is 17.7 Å². The van der Waals surface area contributed by atoms with Crippen molar-refractivity contribution >= 4 is 72.5 Å². The van der Waals surface area contributed by atoms with Gasteiger partial charge in [0, 0.05) is 25.7 Å². The first kappa shape index (κ1) is 28.6. The molecule has 0 radical (unpaired) electrons. The first-order valence-electron chi connectivity index (χ1n) is 11.7. The molecule has 0 atom stereocenters. The van der Waals surface area contributed by atoms with Crippen molar-refractivity contribution in [2.45, 2.75) is 24.7 Å². The molecule has 14 heteroatoms. The number of methoxy groups -OCH3 is 1. The number of anilines is 1. The molecule has 4 rings (SSSR count). The Labute approximate surface area is 237 Å². The van der Waals surface area contributed by atoms with Crippen LogP contribution in [0.25, 0.3) is 6.08 Å². The molecule has 11 nitrogen and oxygen atoms in total. The number of halogens is 1. The average Bonchev–Trinajstić information content (AvgIpc) is 3.50. The monoisotopic (exact) mass is 637 g/mol. The van der Waals surface area contributed by atoms with E-state index >= 15 is 0 Å². The molecule has 2 aliphatic heterocycles. The van der Waals surface area contributed by atoms with Gasteiger partial charge in [-0.2, -0.15) is 8.42 Å². The molecule has 0 bridgehead atoms. The summed E-state index contributed by atoms with van der Waals surface area (Å²) in [5.74, 6) is -1.22. The van der Waals surface area contributed by atoms with Crippen molar-refractivity contribution in [3.05, 3.63) is 51.3 Å². The van der Waals surface area contributed by atoms with Crippen LogP contribution in [-0.4, -0.2) is 67.9 Å². The van der Waals surface area contributed by atoms with Gasteiger partial charge in [-0.15, -0.1) is 0 Å². The first-order chi connectivity index (χ1) is 18.5. The largest absolute Gasteiger partial charge is 0.493 e. The predicted molar refractivity (Wildman–Crippen MR) is 148 cm³/mol. The minimum Gasteiger partial charge on any atom is -0.493 e. The number of nitrogens with zero attached hydrogens (tertiary/aromatic N) is 2. The van der Waals surface area contributed by atoms with Gasteiger partial charge in [0.1, 0.15) is 11.4 Å². The zero-order valence-electron chi connectivity index (χ0n) is 20.9. The molecule has 1 N–H and O–H groups in total. The van der Waals surface area contributed by atoms with E-state index in [1.807, 2.05) is 0 Å². The van der Waals surface area contributed by atoms with Crippen molar-refractivity contribution in [1.29, 1.82) is 0 Å². The van der Waals surface area contributed by atoms with Gasteiger partial charge in [0.05, 0.1) is 16.5 Å². The Balaban J connectivity index is 1.53. The molecular weight excluding hydrogens is 614 g/mol. The molecule has 2 heterocycles. The van der Waals surface area contributed by atoms with Gasteiger partial charge in [-0.25, -0.2) is 0 Å². The molecule has 0 saturated carbocycles. The Morgan fingerprint density at radius 1 is 1.13 bits per heavy atom. The molecular formula is C25H24BrN3O8S2. The molecule has 4 amide bonds. The van der Waals surface area contributed by atoms with Crippen LogP contribution in [0.15, 0.2) is 50.7 Å². The SMILES string of the molecule is COc1cc(/C=C2\SC(=O)N(CC(=O)N3CCCC3)C2=O)cc(Br)c1OS(=O)(=O)c1ccc(NC(C)=O)cc1. The lowest BCUT2D eigenvalue weighted by Crippen LogP contribution is -2.40. The lowest BCUT2D eigenvalue weighted by Gasteiger charge is -2.18. The van der Waals surface area contributed by atoms with E-state index < -0.39 is 21.3 Å². The number of carbonyl (C=O) groups is 4. The third-order valence-corrected chi connectivity index (χ3v) is 8.56. The fourth-order valence-electron chi connectivity index (χ4n) is 3.96. The third-order valence-electron chi connectivity index (χ3n) is 5.83. The predicted octanol–water partition coefficient (Wildman–Crippen LogP) is 3.84. The second-order valence-electron chi connectivity index (χ2n) is 8.63. The Morgan fingerprint density at radius 3 is 2.41 bits per heavy atom. The van der Waals surface area contributed by atoms with E-state index in [2.05, 4.69) is 21.2 Å². The maximum Gasteiger partial charge on any atom is 0.339 e. The zero-order valence-corrected chi connectivity index (χ0v) is 24.2. The van der Waals surface area contributed by atoms with Gasteiger partial charge in [-0.3, -0.25) is 24.1 Å². The molecule has 206 valence electrons. The number of likely N-dealkylation sites (tertiary alicyclic amines) is 1. The normalized spacial score (nSPS) is 16.6. The van der Waals surface area contributed by atoms with Gasteiger partial charge < -0.3 is 19.1 Å². The van der Waals surface area contributed by atoms with Gasteiger partial charge in [-0.05, 0) is 88.6 Å². The van der Waals surface area contributed by atoms with Crippen LogP contribution in [-0.2, 0) is 24.5 Å². The molecule has 0 aliphatic carbocycles. The Kier molecular flexibility index (Phi) is 8.67. The Morgan fingerprint density at radius 2 is 1.79 bits per heavy atom. The summed E-state index contributed by atoms with van der Waals surface area (Å²) in [6.07, 6.45) is 3.25. The fourth-order valence-corrected chi connectivity index (χ4v) is 6.40. The molecule has 2 aromatic carbocycles. The molecule has 0 aromatic heterocycles. The fraction of sp³-hybridized carbons (Fsp3) is 0.280. The van der Waals surface area contributed by atoms with Gasteiger partial charge in [0.15, 0.2) is 11.5 Å². The maximum atomic E-state index is 12.9. The highest BCUT2D eigenvalue weighted by Gasteiger charge is 2.37. The first-order valence-corrected chi connectivity index (χ1v) is 14.7. The number of hydrogen-bond donors (Lipinski definition) is 1. The van der Waals surface area contributed by atoms with E-state index in [4.69, 9.17) is 8.92 Å². The Bertz CT molecular complexity index is 1470. The van der Waals surface area contributed by atoms with Crippen LogP contribution >= 0.6 is 27.7 Å². The number of rotatable bonds is 8. The van der Waals surface area contributed by atoms with Crippen LogP contribution < -0.4 is 14.2 Å². The van der Waals surface area contributed by atoms with Crippen molar-refractivity contribution in [1.82, 2.24) is 9.80 Å². The number of nitrogens with one attached hydrogen (secondary N) is 1. The number of ether oxygens (including phenoxy) is 1. The van der Waals surface area contributed by atoms with E-state index in [-0.39, 0.29) is 44.1 Å². The second kappa shape index (κ2) is 11.8. The number of imide groups is 1. The number of benzene rings is 2. The standard InChI is InChI=1S/C25H24BrN3O8S2/c1-15(30)27-17-5-7-18(8-6-17)39(34,35)37-23-19(26)11-16(12-20(23)36-2)13-21-24(32)29(25(33)38-21)14-22(31)28-9-3-4-10-28/h5-8,11-13H,3-4,9-10,14H2,1-2H3,(H,27,30)/b21-13-.